The molecular weight excluding hydrogens is 173 g/mol. The fourth-order valence-corrected chi connectivity index (χ4v) is 0.364. The molecule has 0 bridgehead atoms. The van der Waals surface area contributed by atoms with E-state index in [0.717, 1.165) is 0 Å². The summed E-state index contributed by atoms with van der Waals surface area (Å²) in [5, 5.41) is 0. The van der Waals surface area contributed by atoms with E-state index < -0.39 is 24.2 Å². The van der Waals surface area contributed by atoms with Crippen molar-refractivity contribution in [3.05, 3.63) is 0 Å². The average molecular weight is 184 g/mol. The van der Waals surface area contributed by atoms with E-state index in [1.54, 1.807) is 0 Å². The third kappa shape index (κ3) is 5.12. The van der Waals surface area contributed by atoms with Crippen molar-refractivity contribution in [3.63, 3.8) is 0 Å². The lowest BCUT2D eigenvalue weighted by Crippen LogP contribution is -2.28. The van der Waals surface area contributed by atoms with E-state index in [1.165, 1.54) is 20.8 Å². The summed E-state index contributed by atoms with van der Waals surface area (Å²) < 4.78 is 37.7. The minimum absolute atomic E-state index is 0.570. The van der Waals surface area contributed by atoms with Gasteiger partial charge in [-0.25, -0.2) is 0 Å². The number of Topliss-reactive ketones (excluding diaryl/α,β-unsaturated/α-hetero) is 1. The summed E-state index contributed by atoms with van der Waals surface area (Å²) >= 11 is 0. The fraction of sp³-hybridized carbons (Fsp3) is 0.857. The number of ketones is 1. The minimum Gasteiger partial charge on any atom is -0.296 e. The molecule has 2 nitrogen and oxygen atoms in total. The highest BCUT2D eigenvalue weighted by atomic mass is 19.4. The highest BCUT2D eigenvalue weighted by Gasteiger charge is 2.32. The Bertz CT molecular complexity index is 166. The van der Waals surface area contributed by atoms with E-state index in [-0.39, 0.29) is 0 Å². The van der Waals surface area contributed by atoms with Gasteiger partial charge in [0.25, 0.3) is 0 Å². The summed E-state index contributed by atoms with van der Waals surface area (Å²) in [4.78, 5) is 10.9. The second kappa shape index (κ2) is 3.43. The van der Waals surface area contributed by atoms with Crippen LogP contribution in [0.4, 0.5) is 13.2 Å². The van der Waals surface area contributed by atoms with Gasteiger partial charge in [-0.3, -0.25) is 9.53 Å². The standard InChI is InChI=1S/C7H11F3O2/c1-6(2,3)5(11)4-12-7(8,9)10/h4H2,1-3H3. The Morgan fingerprint density at radius 3 is 1.92 bits per heavy atom. The fourth-order valence-electron chi connectivity index (χ4n) is 0.364. The number of hydrogen-bond donors (Lipinski definition) is 0. The van der Waals surface area contributed by atoms with Gasteiger partial charge in [-0.1, -0.05) is 20.8 Å². The van der Waals surface area contributed by atoms with Gasteiger partial charge in [-0.15, -0.1) is 13.2 Å². The molecule has 0 amide bonds. The molecule has 0 aromatic heterocycles. The molecule has 5 heteroatoms. The van der Waals surface area contributed by atoms with Crippen LogP contribution < -0.4 is 0 Å². The highest BCUT2D eigenvalue weighted by Crippen LogP contribution is 2.19. The molecule has 0 fully saturated rings. The number of ether oxygens (including phenoxy) is 1. The van der Waals surface area contributed by atoms with Crippen LogP contribution in [-0.4, -0.2) is 18.8 Å². The van der Waals surface area contributed by atoms with Crippen LogP contribution in [0.2, 0.25) is 0 Å². The van der Waals surface area contributed by atoms with Crippen molar-refractivity contribution in [2.24, 2.45) is 5.41 Å². The lowest BCUT2D eigenvalue weighted by Gasteiger charge is -2.16. The third-order valence-electron chi connectivity index (χ3n) is 1.20. The highest BCUT2D eigenvalue weighted by molar-refractivity contribution is 5.84. The maximum atomic E-state index is 11.4. The van der Waals surface area contributed by atoms with Gasteiger partial charge in [0.2, 0.25) is 0 Å². The van der Waals surface area contributed by atoms with Crippen LogP contribution >= 0.6 is 0 Å². The van der Waals surface area contributed by atoms with Gasteiger partial charge in [0, 0.05) is 5.41 Å². The molecule has 0 unspecified atom stereocenters. The lowest BCUT2D eigenvalue weighted by atomic mass is 9.91. The van der Waals surface area contributed by atoms with Crippen molar-refractivity contribution >= 4 is 5.78 Å². The summed E-state index contributed by atoms with van der Waals surface area (Å²) in [5.74, 6) is -0.570. The Labute approximate surface area is 68.7 Å². The van der Waals surface area contributed by atoms with Gasteiger partial charge < -0.3 is 0 Å². The van der Waals surface area contributed by atoms with Crippen molar-refractivity contribution in [2.75, 3.05) is 6.61 Å². The average Bonchev–Trinajstić information content (AvgIpc) is 1.78. The lowest BCUT2D eigenvalue weighted by molar-refractivity contribution is -0.321. The molecule has 0 saturated heterocycles. The molecule has 0 spiro atoms. The number of carbonyl (C=O) groups is 1. The normalized spacial score (nSPS) is 13.2. The Morgan fingerprint density at radius 1 is 1.25 bits per heavy atom. The zero-order chi connectivity index (χ0) is 9.99. The van der Waals surface area contributed by atoms with Crippen molar-refractivity contribution in [3.8, 4) is 0 Å². The van der Waals surface area contributed by atoms with Gasteiger partial charge in [0.05, 0.1) is 0 Å². The molecule has 0 radical (unpaired) electrons. The Balaban J connectivity index is 3.90. The van der Waals surface area contributed by atoms with Crippen molar-refractivity contribution in [1.82, 2.24) is 0 Å². The Kier molecular flexibility index (Phi) is 3.26. The Hall–Kier alpha value is -0.580. The topological polar surface area (TPSA) is 26.3 Å². The Morgan fingerprint density at radius 2 is 1.67 bits per heavy atom. The second-order valence-corrected chi connectivity index (χ2v) is 3.41. The first kappa shape index (κ1) is 11.4. The van der Waals surface area contributed by atoms with Gasteiger partial charge in [-0.05, 0) is 0 Å². The zero-order valence-electron chi connectivity index (χ0n) is 7.16. The molecule has 0 aliphatic rings. The second-order valence-electron chi connectivity index (χ2n) is 3.41. The van der Waals surface area contributed by atoms with Gasteiger partial charge in [0.15, 0.2) is 5.78 Å². The monoisotopic (exact) mass is 184 g/mol. The predicted molar refractivity (Wildman–Crippen MR) is 36.5 cm³/mol. The van der Waals surface area contributed by atoms with Crippen LogP contribution in [0.5, 0.6) is 0 Å². The van der Waals surface area contributed by atoms with Crippen molar-refractivity contribution < 1.29 is 22.7 Å². The van der Waals surface area contributed by atoms with E-state index in [1.807, 2.05) is 0 Å². The molecule has 0 N–H and O–H groups in total. The SMILES string of the molecule is CC(C)(C)C(=O)COC(F)(F)F. The van der Waals surface area contributed by atoms with Crippen molar-refractivity contribution in [2.45, 2.75) is 27.1 Å². The molecule has 0 saturated carbocycles. The molecule has 0 aromatic rings. The number of rotatable bonds is 2. The first-order valence-corrected chi connectivity index (χ1v) is 3.37. The van der Waals surface area contributed by atoms with Gasteiger partial charge in [0.1, 0.15) is 6.61 Å². The summed E-state index contributed by atoms with van der Waals surface area (Å²) in [6, 6.07) is 0. The van der Waals surface area contributed by atoms with E-state index in [9.17, 15) is 18.0 Å². The number of halogens is 3. The van der Waals surface area contributed by atoms with E-state index >= 15 is 0 Å². The smallest absolute Gasteiger partial charge is 0.296 e. The maximum absolute atomic E-state index is 11.4. The summed E-state index contributed by atoms with van der Waals surface area (Å²) in [5.41, 5.74) is -0.786. The molecule has 0 aliphatic carbocycles. The van der Waals surface area contributed by atoms with E-state index in [0.29, 0.717) is 0 Å². The molecule has 0 aliphatic heterocycles. The first-order chi connectivity index (χ1) is 5.13. The van der Waals surface area contributed by atoms with Crippen LogP contribution in [-0.2, 0) is 9.53 Å². The maximum Gasteiger partial charge on any atom is 0.522 e. The van der Waals surface area contributed by atoms with E-state index in [2.05, 4.69) is 4.74 Å². The van der Waals surface area contributed by atoms with Crippen LogP contribution in [0.3, 0.4) is 0 Å². The van der Waals surface area contributed by atoms with Gasteiger partial charge >= 0.3 is 6.36 Å². The number of carbonyl (C=O) groups excluding carboxylic acids is 1. The minimum atomic E-state index is -4.72. The molecule has 12 heavy (non-hydrogen) atoms. The van der Waals surface area contributed by atoms with Crippen LogP contribution in [0.25, 0.3) is 0 Å². The van der Waals surface area contributed by atoms with Crippen LogP contribution in [0.1, 0.15) is 20.8 Å². The number of alkyl halides is 3. The van der Waals surface area contributed by atoms with Crippen LogP contribution in [0.15, 0.2) is 0 Å². The molecule has 0 aromatic carbocycles. The summed E-state index contributed by atoms with van der Waals surface area (Å²) in [6.07, 6.45) is -4.72. The molecule has 0 atom stereocenters. The predicted octanol–water partition coefficient (Wildman–Crippen LogP) is 2.14. The van der Waals surface area contributed by atoms with E-state index in [4.69, 9.17) is 0 Å². The summed E-state index contributed by atoms with van der Waals surface area (Å²) in [7, 11) is 0. The zero-order valence-corrected chi connectivity index (χ0v) is 7.16. The molecule has 0 rings (SSSR count). The molecule has 0 heterocycles. The first-order valence-electron chi connectivity index (χ1n) is 3.37. The number of hydrogen-bond acceptors (Lipinski definition) is 2. The van der Waals surface area contributed by atoms with Crippen molar-refractivity contribution in [1.29, 1.82) is 0 Å². The summed E-state index contributed by atoms with van der Waals surface area (Å²) in [6.45, 7) is 3.70. The molecule has 72 valence electrons. The van der Waals surface area contributed by atoms with Crippen LogP contribution in [0, 0.1) is 5.41 Å². The quantitative estimate of drug-likeness (QED) is 0.657. The largest absolute Gasteiger partial charge is 0.522 e. The third-order valence-corrected chi connectivity index (χ3v) is 1.20. The molecular formula is C7H11F3O2. The van der Waals surface area contributed by atoms with Gasteiger partial charge in [-0.2, -0.15) is 0 Å².